The van der Waals surface area contributed by atoms with Crippen molar-refractivity contribution in [3.8, 4) is 0 Å². The van der Waals surface area contributed by atoms with Gasteiger partial charge >= 0.3 is 202 Å². The molecule has 0 aromatic heterocycles. The number of unbranched alkanes of at least 4 members (excludes halogenated alkanes) is 4. The Labute approximate surface area is 201 Å². The fraction of sp³-hybridized carbons (Fsp3) is 0.750. The molecule has 0 fully saturated rings. The van der Waals surface area contributed by atoms with Gasteiger partial charge in [-0.05, 0) is 0 Å². The van der Waals surface area contributed by atoms with Crippen LogP contribution in [0.3, 0.4) is 0 Å². The van der Waals surface area contributed by atoms with Crippen molar-refractivity contribution in [1.82, 2.24) is 0 Å². The van der Waals surface area contributed by atoms with Gasteiger partial charge in [0.05, 0.1) is 0 Å². The van der Waals surface area contributed by atoms with E-state index in [0.717, 1.165) is 64.7 Å². The number of rotatable bonds is 18. The van der Waals surface area contributed by atoms with Crippen LogP contribution in [0.5, 0.6) is 0 Å². The summed E-state index contributed by atoms with van der Waals surface area (Å²) in [7, 11) is 0. The van der Waals surface area contributed by atoms with E-state index in [4.69, 9.17) is 7.56 Å². The van der Waals surface area contributed by atoms with Crippen LogP contribution >= 0.6 is 0 Å². The van der Waals surface area contributed by atoms with Gasteiger partial charge in [0, 0.05) is 0 Å². The van der Waals surface area contributed by atoms with Crippen molar-refractivity contribution in [1.29, 1.82) is 0 Å². The molecule has 0 atom stereocenters. The summed E-state index contributed by atoms with van der Waals surface area (Å²) in [5, 5.41) is 0. The molecule has 7 heteroatoms. The van der Waals surface area contributed by atoms with E-state index in [2.05, 4.69) is 40.9 Å². The molecule has 5 nitrogen and oxygen atoms in total. The first-order valence-corrected chi connectivity index (χ1v) is 24.8. The SMILES string of the molecule is C=C(C)C(=O)[O][Sn]([CH2]CCC)([O]C(=O)C(=C)C)[O][Sn]([CH2]CCC)([CH2]CCC)[CH2]CCC. The number of hydrogen-bond donors (Lipinski definition) is 0. The summed E-state index contributed by atoms with van der Waals surface area (Å²) in [5.41, 5.74) is 0.619. The monoisotopic (exact) mass is 654 g/mol. The maximum absolute atomic E-state index is 12.7. The van der Waals surface area contributed by atoms with E-state index in [0.29, 0.717) is 15.6 Å². The van der Waals surface area contributed by atoms with E-state index < -0.39 is 50.3 Å². The van der Waals surface area contributed by atoms with Crippen molar-refractivity contribution in [3.05, 3.63) is 24.3 Å². The summed E-state index contributed by atoms with van der Waals surface area (Å²) in [6, 6.07) is 0. The molecule has 0 N–H and O–H groups in total. The van der Waals surface area contributed by atoms with Gasteiger partial charge in [-0.2, -0.15) is 0 Å². The minimum atomic E-state index is -4.55. The topological polar surface area (TPSA) is 61.8 Å². The second-order valence-corrected chi connectivity index (χ2v) is 30.7. The van der Waals surface area contributed by atoms with Gasteiger partial charge < -0.3 is 0 Å². The van der Waals surface area contributed by atoms with E-state index in [1.165, 1.54) is 0 Å². The molecule has 180 valence electrons. The summed E-state index contributed by atoms with van der Waals surface area (Å²) in [5.74, 6) is -0.994. The molecular weight excluding hydrogens is 606 g/mol. The first-order chi connectivity index (χ1) is 14.6. The number of hydrogen-bond acceptors (Lipinski definition) is 5. The number of carbonyl (C=O) groups excluding carboxylic acids is 2. The van der Waals surface area contributed by atoms with Crippen LogP contribution in [-0.2, 0) is 17.1 Å². The van der Waals surface area contributed by atoms with Gasteiger partial charge in [0.25, 0.3) is 0 Å². The molecule has 0 heterocycles. The molecule has 0 rings (SSSR count). The van der Waals surface area contributed by atoms with Gasteiger partial charge in [-0.3, -0.25) is 0 Å². The van der Waals surface area contributed by atoms with Crippen LogP contribution in [-0.4, -0.2) is 50.3 Å². The van der Waals surface area contributed by atoms with Gasteiger partial charge in [-0.15, -0.1) is 0 Å². The zero-order valence-corrected chi connectivity index (χ0v) is 26.6. The molecule has 0 radical (unpaired) electrons. The molecule has 0 unspecified atom stereocenters. The molecule has 31 heavy (non-hydrogen) atoms. The minimum absolute atomic E-state index is 0.309. The molecule has 0 spiro atoms. The predicted molar refractivity (Wildman–Crippen MR) is 133 cm³/mol. The van der Waals surface area contributed by atoms with Gasteiger partial charge in [0.15, 0.2) is 0 Å². The average molecular weight is 652 g/mol. The van der Waals surface area contributed by atoms with Crippen molar-refractivity contribution >= 4 is 50.3 Å². The molecule has 0 aromatic carbocycles. The summed E-state index contributed by atoms with van der Waals surface area (Å²) in [4.78, 5) is 25.3. The second kappa shape index (κ2) is 16.6. The summed E-state index contributed by atoms with van der Waals surface area (Å²) < 4.78 is 23.0. The van der Waals surface area contributed by atoms with Crippen molar-refractivity contribution in [3.63, 3.8) is 0 Å². The van der Waals surface area contributed by atoms with Gasteiger partial charge in [-0.25, -0.2) is 0 Å². The average Bonchev–Trinajstić information content (AvgIpc) is 2.72. The fourth-order valence-corrected chi connectivity index (χ4v) is 45.0. The Hall–Kier alpha value is -0.0226. The summed E-state index contributed by atoms with van der Waals surface area (Å²) in [6.07, 6.45) is 8.38. The van der Waals surface area contributed by atoms with Crippen LogP contribution in [0.4, 0.5) is 0 Å². The molecule has 0 aliphatic carbocycles. The van der Waals surface area contributed by atoms with Crippen LogP contribution in [0.2, 0.25) is 17.7 Å². The molecule has 0 aliphatic rings. The van der Waals surface area contributed by atoms with Crippen LogP contribution in [0.1, 0.15) is 92.9 Å². The normalized spacial score (nSPS) is 11.8. The van der Waals surface area contributed by atoms with Crippen LogP contribution < -0.4 is 0 Å². The second-order valence-electron chi connectivity index (χ2n) is 8.72. The molecule has 0 saturated heterocycles. The first-order valence-electron chi connectivity index (χ1n) is 12.1. The third-order valence-electron chi connectivity index (χ3n) is 5.36. The van der Waals surface area contributed by atoms with Gasteiger partial charge in [-0.1, -0.05) is 0 Å². The van der Waals surface area contributed by atoms with E-state index in [-0.39, 0.29) is 0 Å². The summed E-state index contributed by atoms with van der Waals surface area (Å²) >= 11 is -7.76. The van der Waals surface area contributed by atoms with E-state index in [1.807, 2.05) is 0 Å². The predicted octanol–water partition coefficient (Wildman–Crippen LogP) is 7.33. The maximum atomic E-state index is 12.7. The van der Waals surface area contributed by atoms with Crippen molar-refractivity contribution in [2.45, 2.75) is 111 Å². The third kappa shape index (κ3) is 12.1. The van der Waals surface area contributed by atoms with Gasteiger partial charge in [0.1, 0.15) is 0 Å². The zero-order valence-electron chi connectivity index (χ0n) is 20.9. The Kier molecular flexibility index (Phi) is 16.6. The Morgan fingerprint density at radius 2 is 0.968 bits per heavy atom. The summed E-state index contributed by atoms with van der Waals surface area (Å²) in [6.45, 7) is 19.4. The third-order valence-corrected chi connectivity index (χ3v) is 38.1. The van der Waals surface area contributed by atoms with Crippen LogP contribution in [0.15, 0.2) is 24.3 Å². The van der Waals surface area contributed by atoms with Gasteiger partial charge in [0.2, 0.25) is 0 Å². The molecule has 0 amide bonds. The Balaban J connectivity index is 6.34. The van der Waals surface area contributed by atoms with Crippen LogP contribution in [0.25, 0.3) is 0 Å². The Morgan fingerprint density at radius 3 is 1.26 bits per heavy atom. The molecular formula is C24H46O5Sn2. The van der Waals surface area contributed by atoms with E-state index in [1.54, 1.807) is 13.8 Å². The molecule has 0 aromatic rings. The molecule has 0 saturated carbocycles. The van der Waals surface area contributed by atoms with Crippen molar-refractivity contribution < 1.29 is 17.1 Å². The molecule has 0 aliphatic heterocycles. The van der Waals surface area contributed by atoms with E-state index in [9.17, 15) is 9.59 Å². The fourth-order valence-electron chi connectivity index (χ4n) is 3.42. The number of carbonyl (C=O) groups is 2. The van der Waals surface area contributed by atoms with E-state index >= 15 is 0 Å². The zero-order chi connectivity index (χ0) is 23.9. The Bertz CT molecular complexity index is 539. The standard InChI is InChI=1S/2C4H6O2.4C4H9.O.2Sn/c2*1-3(2)4(5)6;4*1-3-4-2;;;/h2*1H2,2H3,(H,5,6);4*1,3-4H2,2H3;;;/q;;;;;;;;+2/p-2. The molecule has 0 bridgehead atoms. The van der Waals surface area contributed by atoms with Crippen molar-refractivity contribution in [2.75, 3.05) is 0 Å². The van der Waals surface area contributed by atoms with Crippen molar-refractivity contribution in [2.24, 2.45) is 0 Å². The first kappa shape index (κ1) is 31.0. The quantitative estimate of drug-likeness (QED) is 0.115. The Morgan fingerprint density at radius 1 is 0.645 bits per heavy atom. The van der Waals surface area contributed by atoms with Crippen LogP contribution in [0, 0.1) is 0 Å².